The largest absolute Gasteiger partial charge is 0.322 e. The van der Waals surface area contributed by atoms with Crippen molar-refractivity contribution in [2.24, 2.45) is 10.8 Å². The lowest BCUT2D eigenvalue weighted by Crippen LogP contribution is -2.06. The van der Waals surface area contributed by atoms with Crippen LogP contribution in [0.2, 0.25) is 5.02 Å². The number of hydrogen-bond acceptors (Lipinski definition) is 1. The number of benzene rings is 1. The first-order chi connectivity index (χ1) is 9.19. The summed E-state index contributed by atoms with van der Waals surface area (Å²) >= 11 is 12.7. The van der Waals surface area contributed by atoms with Gasteiger partial charge in [0.1, 0.15) is 11.3 Å². The third-order valence-electron chi connectivity index (χ3n) is 5.26. The predicted octanol–water partition coefficient (Wildman–Crippen LogP) is 5.60. The lowest BCUT2D eigenvalue weighted by molar-refractivity contribution is 0.457. The van der Waals surface area contributed by atoms with E-state index in [1.54, 1.807) is 0 Å². The number of nitrogens with zero attached hydrogens (tertiary/aromatic N) is 2. The topological polar surface area (TPSA) is 17.8 Å². The lowest BCUT2D eigenvalue weighted by Gasteiger charge is -2.12. The first-order valence-corrected chi connectivity index (χ1v) is 7.81. The van der Waals surface area contributed by atoms with Gasteiger partial charge in [0.05, 0.1) is 15.9 Å². The number of imidazole rings is 1. The molecule has 1 aliphatic rings. The van der Waals surface area contributed by atoms with Crippen LogP contribution in [-0.2, 0) is 0 Å². The molecule has 0 saturated heterocycles. The van der Waals surface area contributed by atoms with Gasteiger partial charge in [-0.3, -0.25) is 0 Å². The monoisotopic (exact) mass is 310 g/mol. The Bertz CT molecular complexity index is 669. The molecule has 1 atom stereocenters. The van der Waals surface area contributed by atoms with Crippen LogP contribution < -0.4 is 0 Å². The maximum atomic E-state index is 6.36. The van der Waals surface area contributed by atoms with Crippen LogP contribution in [-0.4, -0.2) is 9.55 Å². The number of para-hydroxylation sites is 1. The molecule has 4 heteroatoms. The highest BCUT2D eigenvalue weighted by Crippen LogP contribution is 2.72. The first kappa shape index (κ1) is 14.2. The highest BCUT2D eigenvalue weighted by Gasteiger charge is 2.66. The van der Waals surface area contributed by atoms with Gasteiger partial charge in [0.2, 0.25) is 0 Å². The van der Waals surface area contributed by atoms with Crippen molar-refractivity contribution < 1.29 is 0 Å². The smallest absolute Gasteiger partial charge is 0.128 e. The molecule has 0 amide bonds. The molecule has 1 saturated carbocycles. The molecule has 1 heterocycles. The molecule has 1 unspecified atom stereocenters. The van der Waals surface area contributed by atoms with Crippen LogP contribution in [0.25, 0.3) is 11.0 Å². The number of halogens is 2. The second kappa shape index (κ2) is 4.14. The Morgan fingerprint density at radius 1 is 1.20 bits per heavy atom. The number of rotatable bonds is 2. The second-order valence-electron chi connectivity index (χ2n) is 6.91. The van der Waals surface area contributed by atoms with E-state index < -0.39 is 0 Å². The van der Waals surface area contributed by atoms with Crippen molar-refractivity contribution in [3.8, 4) is 0 Å². The second-order valence-corrected chi connectivity index (χ2v) is 7.97. The molecule has 20 heavy (non-hydrogen) atoms. The van der Waals surface area contributed by atoms with Crippen LogP contribution in [0.15, 0.2) is 18.2 Å². The Hall–Kier alpha value is -0.730. The Labute approximate surface area is 130 Å². The summed E-state index contributed by atoms with van der Waals surface area (Å²) in [6, 6.07) is 6.34. The van der Waals surface area contributed by atoms with E-state index in [2.05, 4.69) is 38.3 Å². The minimum absolute atomic E-state index is 0.134. The van der Waals surface area contributed by atoms with Gasteiger partial charge in [-0.1, -0.05) is 45.4 Å². The number of alkyl halides is 1. The summed E-state index contributed by atoms with van der Waals surface area (Å²) in [5, 5.41) is 0.557. The SMILES string of the molecule is CC(Cl)c1nc2c(Cl)cccc2n1C1C(C)(C)C1(C)C. The normalized spacial score (nSPS) is 22.1. The zero-order valence-corrected chi connectivity index (χ0v) is 14.0. The van der Waals surface area contributed by atoms with Crippen LogP contribution in [0.5, 0.6) is 0 Å². The van der Waals surface area contributed by atoms with Crippen LogP contribution in [0.4, 0.5) is 0 Å². The summed E-state index contributed by atoms with van der Waals surface area (Å²) in [5.41, 5.74) is 2.39. The number of fused-ring (bicyclic) bond motifs is 1. The average Bonchev–Trinajstić information content (AvgIpc) is 2.66. The van der Waals surface area contributed by atoms with E-state index in [1.807, 2.05) is 19.1 Å². The highest BCUT2D eigenvalue weighted by atomic mass is 35.5. The molecule has 1 aromatic carbocycles. The van der Waals surface area contributed by atoms with Gasteiger partial charge in [0.15, 0.2) is 0 Å². The third-order valence-corrected chi connectivity index (χ3v) is 5.76. The molecular formula is C16H20Cl2N2. The third kappa shape index (κ3) is 1.67. The fourth-order valence-electron chi connectivity index (χ4n) is 3.46. The maximum absolute atomic E-state index is 6.36. The van der Waals surface area contributed by atoms with E-state index in [-0.39, 0.29) is 16.2 Å². The molecular weight excluding hydrogens is 291 g/mol. The van der Waals surface area contributed by atoms with E-state index in [9.17, 15) is 0 Å². The van der Waals surface area contributed by atoms with Gasteiger partial charge in [-0.05, 0) is 29.9 Å². The quantitative estimate of drug-likeness (QED) is 0.660. The molecule has 2 nitrogen and oxygen atoms in total. The fraction of sp³-hybridized carbons (Fsp3) is 0.562. The maximum Gasteiger partial charge on any atom is 0.128 e. The number of hydrogen-bond donors (Lipinski definition) is 0. The molecule has 2 aromatic rings. The molecule has 0 radical (unpaired) electrons. The summed E-state index contributed by atoms with van der Waals surface area (Å²) in [6.45, 7) is 11.2. The summed E-state index contributed by atoms with van der Waals surface area (Å²) in [7, 11) is 0. The van der Waals surface area contributed by atoms with E-state index in [4.69, 9.17) is 28.2 Å². The molecule has 0 aliphatic heterocycles. The van der Waals surface area contributed by atoms with Crippen LogP contribution in [0.3, 0.4) is 0 Å². The van der Waals surface area contributed by atoms with Crippen LogP contribution in [0.1, 0.15) is 51.9 Å². The van der Waals surface area contributed by atoms with Gasteiger partial charge in [-0.15, -0.1) is 11.6 Å². The van der Waals surface area contributed by atoms with E-state index in [0.29, 0.717) is 11.1 Å². The minimum atomic E-state index is -0.134. The average molecular weight is 311 g/mol. The van der Waals surface area contributed by atoms with Crippen molar-refractivity contribution in [1.82, 2.24) is 9.55 Å². The Kier molecular flexibility index (Phi) is 2.94. The first-order valence-electron chi connectivity index (χ1n) is 7.00. The summed E-state index contributed by atoms with van der Waals surface area (Å²) < 4.78 is 2.30. The molecule has 1 aliphatic carbocycles. The van der Waals surface area contributed by atoms with Gasteiger partial charge in [0, 0.05) is 6.04 Å². The van der Waals surface area contributed by atoms with Gasteiger partial charge in [0.25, 0.3) is 0 Å². The fourth-order valence-corrected chi connectivity index (χ4v) is 3.83. The van der Waals surface area contributed by atoms with E-state index >= 15 is 0 Å². The van der Waals surface area contributed by atoms with Gasteiger partial charge < -0.3 is 4.57 Å². The van der Waals surface area contributed by atoms with Crippen molar-refractivity contribution in [2.75, 3.05) is 0 Å². The van der Waals surface area contributed by atoms with Gasteiger partial charge in [-0.25, -0.2) is 4.98 Å². The summed E-state index contributed by atoms with van der Waals surface area (Å²) in [4.78, 5) is 4.70. The Balaban J connectivity index is 2.30. The molecule has 108 valence electrons. The Morgan fingerprint density at radius 2 is 1.80 bits per heavy atom. The Morgan fingerprint density at radius 3 is 2.30 bits per heavy atom. The molecule has 0 bridgehead atoms. The molecule has 0 N–H and O–H groups in total. The molecule has 3 rings (SSSR count). The van der Waals surface area contributed by atoms with Crippen molar-refractivity contribution in [1.29, 1.82) is 0 Å². The summed E-state index contributed by atoms with van der Waals surface area (Å²) in [6.07, 6.45) is 0. The standard InChI is InChI=1S/C16H20Cl2N2/c1-9(17)13-19-12-10(18)7-6-8-11(12)20(13)14-15(2,3)16(14,4)5/h6-9,14H,1-5H3. The zero-order valence-electron chi connectivity index (χ0n) is 12.5. The lowest BCUT2D eigenvalue weighted by atomic mass is 10.0. The highest BCUT2D eigenvalue weighted by molar-refractivity contribution is 6.35. The van der Waals surface area contributed by atoms with Crippen molar-refractivity contribution in [3.63, 3.8) is 0 Å². The van der Waals surface area contributed by atoms with Crippen LogP contribution in [0, 0.1) is 10.8 Å². The van der Waals surface area contributed by atoms with Gasteiger partial charge in [-0.2, -0.15) is 0 Å². The van der Waals surface area contributed by atoms with Crippen molar-refractivity contribution in [3.05, 3.63) is 29.0 Å². The van der Waals surface area contributed by atoms with Crippen LogP contribution >= 0.6 is 23.2 Å². The molecule has 1 fully saturated rings. The van der Waals surface area contributed by atoms with Gasteiger partial charge >= 0.3 is 0 Å². The predicted molar refractivity (Wildman–Crippen MR) is 85.6 cm³/mol. The summed E-state index contributed by atoms with van der Waals surface area (Å²) in [5.74, 6) is 0.915. The van der Waals surface area contributed by atoms with E-state index in [0.717, 1.165) is 16.9 Å². The minimum Gasteiger partial charge on any atom is -0.322 e. The molecule has 1 aromatic heterocycles. The number of aromatic nitrogens is 2. The zero-order chi connectivity index (χ0) is 14.9. The van der Waals surface area contributed by atoms with Crippen molar-refractivity contribution >= 4 is 34.2 Å². The van der Waals surface area contributed by atoms with E-state index in [1.165, 1.54) is 0 Å². The molecule has 0 spiro atoms. The van der Waals surface area contributed by atoms with Crippen molar-refractivity contribution in [2.45, 2.75) is 46.0 Å².